The molecule has 0 atom stereocenters. The highest BCUT2D eigenvalue weighted by atomic mass is 16.5. The number of ether oxygens (including phenoxy) is 2. The highest BCUT2D eigenvalue weighted by molar-refractivity contribution is 6.21. The summed E-state index contributed by atoms with van der Waals surface area (Å²) in [5.41, 5.74) is -1.46. The van der Waals surface area contributed by atoms with Gasteiger partial charge < -0.3 is 29.9 Å². The molecule has 0 aromatic heterocycles. The van der Waals surface area contributed by atoms with E-state index in [2.05, 4.69) is 0 Å². The van der Waals surface area contributed by atoms with E-state index in [0.717, 1.165) is 38.5 Å². The minimum absolute atomic E-state index is 0.0970. The monoisotopic (exact) mass is 414 g/mol. The van der Waals surface area contributed by atoms with Crippen molar-refractivity contribution in [1.29, 1.82) is 0 Å². The first-order chi connectivity index (χ1) is 14.1. The Bertz CT molecular complexity index is 1170. The van der Waals surface area contributed by atoms with Crippen LogP contribution in [0.15, 0.2) is 24.3 Å². The fraction of sp³-hybridized carbons (Fsp3) is 0.100. The molecule has 0 amide bonds. The summed E-state index contributed by atoms with van der Waals surface area (Å²) in [6.45, 7) is 0. The molecule has 0 aliphatic heterocycles. The second-order valence-electron chi connectivity index (χ2n) is 6.17. The van der Waals surface area contributed by atoms with E-state index < -0.39 is 23.9 Å². The molecular weight excluding hydrogens is 400 g/mol. The van der Waals surface area contributed by atoms with Crippen molar-refractivity contribution in [3.63, 3.8) is 0 Å². The number of carbonyl (C=O) groups is 4. The summed E-state index contributed by atoms with van der Waals surface area (Å²) in [6.07, 6.45) is 0. The summed E-state index contributed by atoms with van der Waals surface area (Å²) in [5.74, 6) is -6.17. The lowest BCUT2D eigenvalue weighted by Gasteiger charge is -2.16. The van der Waals surface area contributed by atoms with Crippen LogP contribution in [0, 0.1) is 0 Å². The van der Waals surface area contributed by atoms with Crippen LogP contribution < -0.4 is 9.47 Å². The van der Waals surface area contributed by atoms with Crippen LogP contribution in [-0.2, 0) is 0 Å². The van der Waals surface area contributed by atoms with Crippen molar-refractivity contribution in [2.75, 3.05) is 14.2 Å². The first-order valence-corrected chi connectivity index (χ1v) is 8.25. The molecule has 0 unspecified atom stereocenters. The summed E-state index contributed by atoms with van der Waals surface area (Å²) >= 11 is 0. The van der Waals surface area contributed by atoms with Gasteiger partial charge >= 0.3 is 23.9 Å². The molecule has 10 heteroatoms. The van der Waals surface area contributed by atoms with Gasteiger partial charge in [-0.3, -0.25) is 0 Å². The van der Waals surface area contributed by atoms with E-state index >= 15 is 0 Å². The summed E-state index contributed by atoms with van der Waals surface area (Å²) < 4.78 is 10.0. The molecule has 0 aliphatic rings. The molecule has 0 spiro atoms. The lowest BCUT2D eigenvalue weighted by Crippen LogP contribution is -2.09. The lowest BCUT2D eigenvalue weighted by molar-refractivity contribution is 0.0680. The zero-order valence-corrected chi connectivity index (χ0v) is 15.5. The van der Waals surface area contributed by atoms with Gasteiger partial charge in [0, 0.05) is 10.8 Å². The second-order valence-corrected chi connectivity index (χ2v) is 6.17. The number of carboxylic acids is 4. The second kappa shape index (κ2) is 7.24. The number of fused-ring (bicyclic) bond motifs is 2. The Morgan fingerprint density at radius 1 is 0.567 bits per heavy atom. The highest BCUT2D eigenvalue weighted by Gasteiger charge is 2.26. The first-order valence-electron chi connectivity index (χ1n) is 8.25. The van der Waals surface area contributed by atoms with Crippen LogP contribution in [0.25, 0.3) is 21.5 Å². The number of methoxy groups -OCH3 is 2. The molecule has 10 nitrogen and oxygen atoms in total. The van der Waals surface area contributed by atoms with Crippen molar-refractivity contribution in [3.8, 4) is 11.5 Å². The largest absolute Gasteiger partial charge is 0.496 e. The van der Waals surface area contributed by atoms with Crippen LogP contribution in [0.3, 0.4) is 0 Å². The number of benzene rings is 3. The van der Waals surface area contributed by atoms with Gasteiger partial charge in [-0.15, -0.1) is 0 Å². The fourth-order valence-electron chi connectivity index (χ4n) is 3.40. The SMILES string of the molecule is COc1cc(C(=O)O)c2cc3c(C(=O)O)c(OC)cc(C(=O)O)c3cc2c1C(=O)O. The molecule has 0 fully saturated rings. The molecule has 0 bridgehead atoms. The maximum atomic E-state index is 11.8. The highest BCUT2D eigenvalue weighted by Crippen LogP contribution is 2.39. The van der Waals surface area contributed by atoms with E-state index in [-0.39, 0.29) is 55.3 Å². The maximum Gasteiger partial charge on any atom is 0.340 e. The Hall–Kier alpha value is -4.34. The van der Waals surface area contributed by atoms with Gasteiger partial charge in [0.1, 0.15) is 22.6 Å². The van der Waals surface area contributed by atoms with Crippen molar-refractivity contribution >= 4 is 45.4 Å². The Kier molecular flexibility index (Phi) is 4.92. The fourth-order valence-corrected chi connectivity index (χ4v) is 3.40. The third kappa shape index (κ3) is 3.00. The van der Waals surface area contributed by atoms with Crippen molar-refractivity contribution in [2.24, 2.45) is 0 Å². The van der Waals surface area contributed by atoms with E-state index in [1.165, 1.54) is 0 Å². The third-order valence-corrected chi connectivity index (χ3v) is 4.65. The minimum Gasteiger partial charge on any atom is -0.496 e. The lowest BCUT2D eigenvalue weighted by atomic mass is 9.91. The van der Waals surface area contributed by atoms with Gasteiger partial charge in [-0.25, -0.2) is 19.2 Å². The molecular formula is C20H14O10. The molecule has 3 aromatic rings. The van der Waals surface area contributed by atoms with E-state index in [4.69, 9.17) is 9.47 Å². The van der Waals surface area contributed by atoms with Crippen LogP contribution in [0.1, 0.15) is 41.4 Å². The number of hydrogen-bond acceptors (Lipinski definition) is 6. The molecule has 4 N–H and O–H groups in total. The van der Waals surface area contributed by atoms with Crippen LogP contribution >= 0.6 is 0 Å². The summed E-state index contributed by atoms with van der Waals surface area (Å²) in [7, 11) is 2.33. The average Bonchev–Trinajstić information content (AvgIpc) is 2.68. The first kappa shape index (κ1) is 20.4. The molecule has 0 saturated carbocycles. The molecule has 0 saturated heterocycles. The van der Waals surface area contributed by atoms with Crippen molar-refractivity contribution < 1.29 is 49.1 Å². The van der Waals surface area contributed by atoms with Crippen molar-refractivity contribution in [3.05, 3.63) is 46.5 Å². The van der Waals surface area contributed by atoms with Gasteiger partial charge in [0.2, 0.25) is 0 Å². The molecule has 30 heavy (non-hydrogen) atoms. The van der Waals surface area contributed by atoms with Gasteiger partial charge in [-0.1, -0.05) is 0 Å². The van der Waals surface area contributed by atoms with Crippen molar-refractivity contribution in [1.82, 2.24) is 0 Å². The third-order valence-electron chi connectivity index (χ3n) is 4.65. The summed E-state index contributed by atoms with van der Waals surface area (Å²) in [5, 5.41) is 38.0. The Balaban J connectivity index is 2.71. The van der Waals surface area contributed by atoms with Gasteiger partial charge in [0.05, 0.1) is 25.3 Å². The Morgan fingerprint density at radius 3 is 1.13 bits per heavy atom. The molecule has 154 valence electrons. The standard InChI is InChI=1S/C20H14O10/c1-29-13-5-11(17(21)22)7-4-10-8(3-9(7)15(13)19(25)26)12(18(23)24)6-14(30-2)16(10)20(27)28/h3-6H,1-2H3,(H,21,22)(H,23,24)(H,25,26)(H,27,28). The molecule has 0 radical (unpaired) electrons. The number of carboxylic acid groups (broad SMARTS) is 4. The summed E-state index contributed by atoms with van der Waals surface area (Å²) in [6, 6.07) is 4.30. The van der Waals surface area contributed by atoms with E-state index in [1.54, 1.807) is 0 Å². The van der Waals surface area contributed by atoms with Crippen LogP contribution in [0.4, 0.5) is 0 Å². The molecule has 3 aromatic carbocycles. The zero-order chi connectivity index (χ0) is 22.3. The number of hydrogen-bond donors (Lipinski definition) is 4. The van der Waals surface area contributed by atoms with Crippen LogP contribution in [0.2, 0.25) is 0 Å². The average molecular weight is 414 g/mol. The van der Waals surface area contributed by atoms with E-state index in [0.29, 0.717) is 0 Å². The Morgan fingerprint density at radius 2 is 0.900 bits per heavy atom. The molecule has 0 heterocycles. The number of aromatic carboxylic acids is 4. The normalized spacial score (nSPS) is 10.7. The maximum absolute atomic E-state index is 11.8. The quantitative estimate of drug-likeness (QED) is 0.440. The van der Waals surface area contributed by atoms with Gasteiger partial charge in [-0.05, 0) is 35.0 Å². The van der Waals surface area contributed by atoms with Crippen LogP contribution in [0.5, 0.6) is 11.5 Å². The predicted molar refractivity (Wildman–Crippen MR) is 102 cm³/mol. The van der Waals surface area contributed by atoms with Crippen LogP contribution in [-0.4, -0.2) is 58.5 Å². The van der Waals surface area contributed by atoms with Crippen molar-refractivity contribution in [2.45, 2.75) is 0 Å². The predicted octanol–water partition coefficient (Wildman–Crippen LogP) is 2.80. The molecule has 3 rings (SSSR count). The number of rotatable bonds is 6. The Labute approximate surface area is 167 Å². The van der Waals surface area contributed by atoms with Gasteiger partial charge in [0.25, 0.3) is 0 Å². The van der Waals surface area contributed by atoms with E-state index in [9.17, 15) is 39.6 Å². The molecule has 0 aliphatic carbocycles. The zero-order valence-electron chi connectivity index (χ0n) is 15.5. The smallest absolute Gasteiger partial charge is 0.340 e. The summed E-state index contributed by atoms with van der Waals surface area (Å²) in [4.78, 5) is 47.3. The van der Waals surface area contributed by atoms with E-state index in [1.807, 2.05) is 0 Å². The topological polar surface area (TPSA) is 168 Å². The van der Waals surface area contributed by atoms with Gasteiger partial charge in [0.15, 0.2) is 0 Å². The van der Waals surface area contributed by atoms with Gasteiger partial charge in [-0.2, -0.15) is 0 Å². The minimum atomic E-state index is -1.43.